The quantitative estimate of drug-likeness (QED) is 0.186. The van der Waals surface area contributed by atoms with E-state index in [-0.39, 0.29) is 0 Å². The summed E-state index contributed by atoms with van der Waals surface area (Å²) in [6.45, 7) is 0. The minimum absolute atomic E-state index is 0.596. The van der Waals surface area contributed by atoms with Crippen LogP contribution in [0.15, 0.2) is 180 Å². The fourth-order valence-corrected chi connectivity index (χ4v) is 7.18. The molecule has 0 saturated carbocycles. The molecule has 8 aromatic carbocycles. The zero-order valence-electron chi connectivity index (χ0n) is 27.5. The highest BCUT2D eigenvalue weighted by molar-refractivity contribution is 6.17. The Hall–Kier alpha value is -6.91. The van der Waals surface area contributed by atoms with Gasteiger partial charge >= 0.3 is 0 Å². The molecule has 0 amide bonds. The molecule has 10 rings (SSSR count). The largest absolute Gasteiger partial charge is 0.456 e. The monoisotopic (exact) mass is 651 g/mol. The van der Waals surface area contributed by atoms with E-state index in [9.17, 15) is 0 Å². The second-order valence-corrected chi connectivity index (χ2v) is 12.8. The van der Waals surface area contributed by atoms with Crippen LogP contribution in [0.25, 0.3) is 99.9 Å². The van der Waals surface area contributed by atoms with Crippen molar-refractivity contribution in [2.75, 3.05) is 0 Å². The van der Waals surface area contributed by atoms with E-state index in [1.807, 2.05) is 24.3 Å². The number of aromatic nitrogens is 3. The van der Waals surface area contributed by atoms with Crippen molar-refractivity contribution in [3.63, 3.8) is 0 Å². The molecule has 0 bridgehead atoms. The van der Waals surface area contributed by atoms with Crippen molar-refractivity contribution in [3.05, 3.63) is 176 Å². The Morgan fingerprint density at radius 3 is 1.35 bits per heavy atom. The second-order valence-electron chi connectivity index (χ2n) is 12.8. The molecule has 0 spiro atoms. The SMILES string of the molecule is c1ccc(-c2ccc(-c3cccc4oc5cccc(-c6nc(-c7ccc8ccccc8c7)nc(-c7ccc8ccccc8c7)n6)c5c34)cc2)cc1. The molecule has 0 unspecified atom stereocenters. The van der Waals surface area contributed by atoms with Crippen molar-refractivity contribution in [2.45, 2.75) is 0 Å². The van der Waals surface area contributed by atoms with Crippen molar-refractivity contribution in [1.29, 1.82) is 0 Å². The van der Waals surface area contributed by atoms with Crippen LogP contribution in [-0.2, 0) is 0 Å². The first-order valence-corrected chi connectivity index (χ1v) is 17.1. The normalized spacial score (nSPS) is 11.5. The molecule has 0 atom stereocenters. The Morgan fingerprint density at radius 1 is 0.294 bits per heavy atom. The van der Waals surface area contributed by atoms with Gasteiger partial charge in [0.1, 0.15) is 11.2 Å². The van der Waals surface area contributed by atoms with Crippen molar-refractivity contribution >= 4 is 43.5 Å². The average molecular weight is 652 g/mol. The number of nitrogens with zero attached hydrogens (tertiary/aromatic N) is 3. The average Bonchev–Trinajstić information content (AvgIpc) is 3.60. The van der Waals surface area contributed by atoms with Crippen molar-refractivity contribution < 1.29 is 4.42 Å². The number of furan rings is 1. The Morgan fingerprint density at radius 2 is 0.745 bits per heavy atom. The molecule has 0 saturated heterocycles. The zero-order valence-corrected chi connectivity index (χ0v) is 27.5. The van der Waals surface area contributed by atoms with Gasteiger partial charge in [0.25, 0.3) is 0 Å². The lowest BCUT2D eigenvalue weighted by atomic mass is 9.95. The maximum absolute atomic E-state index is 6.52. The summed E-state index contributed by atoms with van der Waals surface area (Å²) in [6, 6.07) is 61.1. The van der Waals surface area contributed by atoms with E-state index in [0.29, 0.717) is 17.5 Å². The summed E-state index contributed by atoms with van der Waals surface area (Å²) >= 11 is 0. The Bertz CT molecular complexity index is 2810. The molecule has 0 N–H and O–H groups in total. The van der Waals surface area contributed by atoms with Crippen LogP contribution < -0.4 is 0 Å². The highest BCUT2D eigenvalue weighted by atomic mass is 16.3. The van der Waals surface area contributed by atoms with Crippen LogP contribution in [0, 0.1) is 0 Å². The summed E-state index contributed by atoms with van der Waals surface area (Å²) in [5.74, 6) is 1.84. The summed E-state index contributed by atoms with van der Waals surface area (Å²) < 4.78 is 6.52. The topological polar surface area (TPSA) is 51.8 Å². The number of benzene rings is 8. The molecule has 2 aromatic heterocycles. The van der Waals surface area contributed by atoms with Gasteiger partial charge in [-0.15, -0.1) is 0 Å². The lowest BCUT2D eigenvalue weighted by molar-refractivity contribution is 0.669. The van der Waals surface area contributed by atoms with Crippen LogP contribution in [0.4, 0.5) is 0 Å². The number of hydrogen-bond acceptors (Lipinski definition) is 4. The van der Waals surface area contributed by atoms with Crippen LogP contribution in [0.3, 0.4) is 0 Å². The highest BCUT2D eigenvalue weighted by Crippen LogP contribution is 2.42. The van der Waals surface area contributed by atoms with Crippen molar-refractivity contribution in [2.24, 2.45) is 0 Å². The molecule has 10 aromatic rings. The third kappa shape index (κ3) is 5.13. The standard InChI is InChI=1S/C47H29N3O/c1-2-10-30(11-3-1)33-20-24-34(25-21-33)39-16-8-18-41-43(39)44-40(17-9-19-42(44)51-41)47-49-45(37-26-22-31-12-4-6-14-35(31)28-37)48-46(50-47)38-27-23-32-13-5-7-15-36(32)29-38/h1-29H. The third-order valence-corrected chi connectivity index (χ3v) is 9.72. The fourth-order valence-electron chi connectivity index (χ4n) is 7.18. The van der Waals surface area contributed by atoms with Crippen molar-refractivity contribution in [1.82, 2.24) is 15.0 Å². The molecule has 0 fully saturated rings. The summed E-state index contributed by atoms with van der Waals surface area (Å²) in [7, 11) is 0. The molecule has 4 heteroatoms. The first kappa shape index (κ1) is 29.0. The van der Waals surface area contributed by atoms with Gasteiger partial charge in [-0.05, 0) is 68.1 Å². The van der Waals surface area contributed by atoms with E-state index in [0.717, 1.165) is 60.5 Å². The Kier molecular flexibility index (Phi) is 6.78. The molecule has 4 nitrogen and oxygen atoms in total. The fraction of sp³-hybridized carbons (Fsp3) is 0. The summed E-state index contributed by atoms with van der Waals surface area (Å²) in [5, 5.41) is 6.63. The second kappa shape index (κ2) is 11.9. The minimum Gasteiger partial charge on any atom is -0.456 e. The lowest BCUT2D eigenvalue weighted by Crippen LogP contribution is -2.00. The molecular weight excluding hydrogens is 623 g/mol. The zero-order chi connectivity index (χ0) is 33.7. The summed E-state index contributed by atoms with van der Waals surface area (Å²) in [5.41, 5.74) is 8.95. The van der Waals surface area contributed by atoms with E-state index < -0.39 is 0 Å². The predicted molar refractivity (Wildman–Crippen MR) is 209 cm³/mol. The Labute approximate surface area is 294 Å². The molecule has 0 aliphatic carbocycles. The molecular formula is C47H29N3O. The molecule has 238 valence electrons. The van der Waals surface area contributed by atoms with Gasteiger partial charge in [0.15, 0.2) is 17.5 Å². The number of rotatable bonds is 5. The van der Waals surface area contributed by atoms with E-state index in [2.05, 4.69) is 152 Å². The number of hydrogen-bond donors (Lipinski definition) is 0. The maximum atomic E-state index is 6.52. The van der Waals surface area contributed by atoms with Gasteiger partial charge in [-0.1, -0.05) is 152 Å². The smallest absolute Gasteiger partial charge is 0.164 e. The lowest BCUT2D eigenvalue weighted by Gasteiger charge is -2.11. The van der Waals surface area contributed by atoms with Gasteiger partial charge in [0.05, 0.1) is 0 Å². The minimum atomic E-state index is 0.596. The van der Waals surface area contributed by atoms with Gasteiger partial charge in [-0.3, -0.25) is 0 Å². The van der Waals surface area contributed by atoms with E-state index in [4.69, 9.17) is 19.4 Å². The third-order valence-electron chi connectivity index (χ3n) is 9.72. The summed E-state index contributed by atoms with van der Waals surface area (Å²) in [6.07, 6.45) is 0. The molecule has 0 aliphatic rings. The summed E-state index contributed by atoms with van der Waals surface area (Å²) in [4.78, 5) is 15.5. The van der Waals surface area contributed by atoms with Crippen LogP contribution in [-0.4, -0.2) is 15.0 Å². The Balaban J connectivity index is 1.19. The predicted octanol–water partition coefficient (Wildman–Crippen LogP) is 12.4. The molecule has 2 heterocycles. The van der Waals surface area contributed by atoms with Gasteiger partial charge in [0.2, 0.25) is 0 Å². The van der Waals surface area contributed by atoms with Gasteiger partial charge in [0, 0.05) is 27.5 Å². The van der Waals surface area contributed by atoms with Crippen LogP contribution in [0.1, 0.15) is 0 Å². The van der Waals surface area contributed by atoms with Crippen LogP contribution >= 0.6 is 0 Å². The van der Waals surface area contributed by atoms with Gasteiger partial charge in [-0.25, -0.2) is 15.0 Å². The van der Waals surface area contributed by atoms with Crippen molar-refractivity contribution in [3.8, 4) is 56.4 Å². The molecule has 51 heavy (non-hydrogen) atoms. The highest BCUT2D eigenvalue weighted by Gasteiger charge is 2.20. The maximum Gasteiger partial charge on any atom is 0.164 e. The number of fused-ring (bicyclic) bond motifs is 5. The first-order valence-electron chi connectivity index (χ1n) is 17.1. The van der Waals surface area contributed by atoms with E-state index in [1.54, 1.807) is 0 Å². The van der Waals surface area contributed by atoms with Gasteiger partial charge < -0.3 is 4.42 Å². The first-order chi connectivity index (χ1) is 25.2. The van der Waals surface area contributed by atoms with Crippen LogP contribution in [0.2, 0.25) is 0 Å². The van der Waals surface area contributed by atoms with E-state index in [1.165, 1.54) is 21.9 Å². The van der Waals surface area contributed by atoms with Gasteiger partial charge in [-0.2, -0.15) is 0 Å². The van der Waals surface area contributed by atoms with E-state index >= 15 is 0 Å². The molecule has 0 radical (unpaired) electrons. The molecule has 0 aliphatic heterocycles. The van der Waals surface area contributed by atoms with Crippen LogP contribution in [0.5, 0.6) is 0 Å².